The molecule has 162 valence electrons. The van der Waals surface area contributed by atoms with E-state index in [1.54, 1.807) is 19.0 Å². The summed E-state index contributed by atoms with van der Waals surface area (Å²) in [6, 6.07) is 11.3. The zero-order chi connectivity index (χ0) is 19.9. The molecule has 1 saturated carbocycles. The number of benzene rings is 1. The van der Waals surface area contributed by atoms with Crippen LogP contribution in [0.5, 0.6) is 0 Å². The lowest BCUT2D eigenvalue weighted by Gasteiger charge is -2.31. The van der Waals surface area contributed by atoms with Gasteiger partial charge in [-0.05, 0) is 37.3 Å². The predicted octanol–water partition coefficient (Wildman–Crippen LogP) is 3.09. The van der Waals surface area contributed by atoms with Crippen LogP contribution in [-0.2, 0) is 4.79 Å². The molecule has 3 rings (SSSR count). The first-order chi connectivity index (χ1) is 13.5. The van der Waals surface area contributed by atoms with Crippen LogP contribution in [0.15, 0.2) is 35.3 Å². The maximum absolute atomic E-state index is 12.0. The molecular formula is C22H36IN5O. The number of aliphatic imine (C=N–C) groups is 1. The molecule has 6 nitrogen and oxygen atoms in total. The highest BCUT2D eigenvalue weighted by atomic mass is 127. The number of guanidine groups is 1. The molecule has 0 radical (unpaired) electrons. The van der Waals surface area contributed by atoms with Gasteiger partial charge in [0.05, 0.1) is 0 Å². The van der Waals surface area contributed by atoms with Gasteiger partial charge in [-0.1, -0.05) is 38.0 Å². The smallest absolute Gasteiger partial charge is 0.243 e. The van der Waals surface area contributed by atoms with Crippen LogP contribution < -0.4 is 15.5 Å². The van der Waals surface area contributed by atoms with E-state index in [0.29, 0.717) is 18.0 Å². The van der Waals surface area contributed by atoms with E-state index >= 15 is 0 Å². The second-order valence-corrected chi connectivity index (χ2v) is 8.38. The Hall–Kier alpha value is -1.51. The molecule has 3 atom stereocenters. The van der Waals surface area contributed by atoms with E-state index in [9.17, 15) is 4.79 Å². The molecule has 2 fully saturated rings. The van der Waals surface area contributed by atoms with Crippen molar-refractivity contribution in [2.45, 2.75) is 51.1 Å². The van der Waals surface area contributed by atoms with Gasteiger partial charge >= 0.3 is 0 Å². The number of carbonyl (C=O) groups excluding carboxylic acids is 1. The zero-order valence-corrected chi connectivity index (χ0v) is 20.3. The van der Waals surface area contributed by atoms with Crippen molar-refractivity contribution >= 4 is 41.5 Å². The summed E-state index contributed by atoms with van der Waals surface area (Å²) in [6.07, 6.45) is 6.07. The van der Waals surface area contributed by atoms with E-state index in [1.165, 1.54) is 31.4 Å². The van der Waals surface area contributed by atoms with Gasteiger partial charge in [-0.2, -0.15) is 0 Å². The summed E-state index contributed by atoms with van der Waals surface area (Å²) in [4.78, 5) is 20.7. The summed E-state index contributed by atoms with van der Waals surface area (Å²) >= 11 is 0. The second kappa shape index (κ2) is 11.6. The number of likely N-dealkylation sites (N-methyl/N-ethyl adjacent to an activating group) is 1. The van der Waals surface area contributed by atoms with Crippen molar-refractivity contribution in [1.29, 1.82) is 0 Å². The Bertz CT molecular complexity index is 666. The minimum atomic E-state index is 0. The number of nitrogens with one attached hydrogen (secondary N) is 2. The predicted molar refractivity (Wildman–Crippen MR) is 131 cm³/mol. The molecule has 1 aliphatic carbocycles. The Morgan fingerprint density at radius 3 is 2.55 bits per heavy atom. The summed E-state index contributed by atoms with van der Waals surface area (Å²) in [6.45, 7) is 4.47. The average Bonchev–Trinajstić information content (AvgIpc) is 3.16. The van der Waals surface area contributed by atoms with Gasteiger partial charge in [0.1, 0.15) is 6.54 Å². The Morgan fingerprint density at radius 1 is 1.14 bits per heavy atom. The van der Waals surface area contributed by atoms with Crippen LogP contribution in [0.25, 0.3) is 0 Å². The fourth-order valence-corrected chi connectivity index (χ4v) is 4.07. The van der Waals surface area contributed by atoms with Gasteiger partial charge in [-0.3, -0.25) is 4.79 Å². The van der Waals surface area contributed by atoms with E-state index in [4.69, 9.17) is 0 Å². The lowest BCUT2D eigenvalue weighted by Crippen LogP contribution is -2.51. The summed E-state index contributed by atoms with van der Waals surface area (Å²) < 4.78 is 0. The molecule has 1 saturated heterocycles. The van der Waals surface area contributed by atoms with Crippen LogP contribution in [0.4, 0.5) is 5.69 Å². The van der Waals surface area contributed by atoms with Crippen LogP contribution >= 0.6 is 24.0 Å². The summed E-state index contributed by atoms with van der Waals surface area (Å²) in [5, 5.41) is 7.24. The van der Waals surface area contributed by atoms with Gasteiger partial charge in [0.15, 0.2) is 5.96 Å². The summed E-state index contributed by atoms with van der Waals surface area (Å²) in [5.41, 5.74) is 1.27. The Labute approximate surface area is 192 Å². The van der Waals surface area contributed by atoms with Gasteiger partial charge in [0.25, 0.3) is 0 Å². The fourth-order valence-electron chi connectivity index (χ4n) is 4.07. The third-order valence-corrected chi connectivity index (χ3v) is 5.96. The standard InChI is InChI=1S/C22H35N5O.HI/c1-17-9-7-8-12-20(17)25-22(23-15-21(28)26(2)3)24-18-13-14-27(16-18)19-10-5-4-6-11-19;/h4-6,10-11,17-18,20H,7-9,12-16H2,1-3H3,(H2,23,24,25);1H. The van der Waals surface area contributed by atoms with E-state index in [2.05, 4.69) is 57.8 Å². The van der Waals surface area contributed by atoms with Gasteiger partial charge in [0.2, 0.25) is 5.91 Å². The molecule has 7 heteroatoms. The van der Waals surface area contributed by atoms with E-state index in [1.807, 2.05) is 0 Å². The first-order valence-corrected chi connectivity index (χ1v) is 10.6. The third kappa shape index (κ3) is 7.04. The van der Waals surface area contributed by atoms with Gasteiger partial charge in [0, 0.05) is 45.0 Å². The average molecular weight is 513 g/mol. The maximum atomic E-state index is 12.0. The highest BCUT2D eigenvalue weighted by Gasteiger charge is 2.26. The number of halogens is 1. The molecule has 3 unspecified atom stereocenters. The number of carbonyl (C=O) groups is 1. The quantitative estimate of drug-likeness (QED) is 0.361. The number of anilines is 1. The van der Waals surface area contributed by atoms with Crippen molar-refractivity contribution in [3.8, 4) is 0 Å². The summed E-state index contributed by atoms with van der Waals surface area (Å²) in [5.74, 6) is 1.44. The maximum Gasteiger partial charge on any atom is 0.243 e. The summed E-state index contributed by atoms with van der Waals surface area (Å²) in [7, 11) is 3.55. The molecule has 1 aromatic rings. The van der Waals surface area contributed by atoms with Crippen molar-refractivity contribution in [2.75, 3.05) is 38.6 Å². The van der Waals surface area contributed by atoms with E-state index < -0.39 is 0 Å². The van der Waals surface area contributed by atoms with Crippen LogP contribution in [0, 0.1) is 5.92 Å². The van der Waals surface area contributed by atoms with Gasteiger partial charge in [-0.15, -0.1) is 24.0 Å². The Kier molecular flexibility index (Phi) is 9.52. The number of amides is 1. The molecule has 2 N–H and O–H groups in total. The number of nitrogens with zero attached hydrogens (tertiary/aromatic N) is 3. The first-order valence-electron chi connectivity index (χ1n) is 10.6. The largest absolute Gasteiger partial charge is 0.369 e. The molecule has 2 aliphatic rings. The lowest BCUT2D eigenvalue weighted by molar-refractivity contribution is -0.127. The monoisotopic (exact) mass is 513 g/mol. The van der Waals surface area contributed by atoms with Crippen molar-refractivity contribution in [2.24, 2.45) is 10.9 Å². The van der Waals surface area contributed by atoms with Crippen LogP contribution in [-0.4, -0.2) is 62.6 Å². The third-order valence-electron chi connectivity index (χ3n) is 5.96. The first kappa shape index (κ1) is 23.8. The normalized spacial score (nSPS) is 24.6. The van der Waals surface area contributed by atoms with Crippen molar-refractivity contribution in [1.82, 2.24) is 15.5 Å². The topological polar surface area (TPSA) is 60.0 Å². The molecule has 1 aliphatic heterocycles. The Balaban J connectivity index is 0.00000300. The van der Waals surface area contributed by atoms with Crippen LogP contribution in [0.3, 0.4) is 0 Å². The number of para-hydroxylation sites is 1. The number of hydrogen-bond acceptors (Lipinski definition) is 3. The van der Waals surface area contributed by atoms with Gasteiger partial charge < -0.3 is 20.4 Å². The minimum Gasteiger partial charge on any atom is -0.369 e. The highest BCUT2D eigenvalue weighted by molar-refractivity contribution is 14.0. The minimum absolute atomic E-state index is 0. The number of hydrogen-bond donors (Lipinski definition) is 2. The highest BCUT2D eigenvalue weighted by Crippen LogP contribution is 2.24. The van der Waals surface area contributed by atoms with Crippen molar-refractivity contribution in [3.05, 3.63) is 30.3 Å². The molecule has 0 aromatic heterocycles. The molecule has 0 spiro atoms. The lowest BCUT2D eigenvalue weighted by atomic mass is 9.86. The number of rotatable bonds is 5. The van der Waals surface area contributed by atoms with Crippen molar-refractivity contribution in [3.63, 3.8) is 0 Å². The van der Waals surface area contributed by atoms with Crippen LogP contribution in [0.2, 0.25) is 0 Å². The SMILES string of the molecule is CC1CCCCC1NC(=NCC(=O)N(C)C)NC1CCN(c2ccccc2)C1.I. The van der Waals surface area contributed by atoms with Crippen molar-refractivity contribution < 1.29 is 4.79 Å². The second-order valence-electron chi connectivity index (χ2n) is 8.38. The Morgan fingerprint density at radius 2 is 1.86 bits per heavy atom. The van der Waals surface area contributed by atoms with Gasteiger partial charge in [-0.25, -0.2) is 4.99 Å². The molecular weight excluding hydrogens is 477 g/mol. The molecule has 29 heavy (non-hydrogen) atoms. The molecule has 1 heterocycles. The fraction of sp³-hybridized carbons (Fsp3) is 0.636. The van der Waals surface area contributed by atoms with Crippen LogP contribution in [0.1, 0.15) is 39.0 Å². The molecule has 1 aromatic carbocycles. The molecule has 0 bridgehead atoms. The zero-order valence-electron chi connectivity index (χ0n) is 17.9. The van der Waals surface area contributed by atoms with E-state index in [-0.39, 0.29) is 36.4 Å². The van der Waals surface area contributed by atoms with E-state index in [0.717, 1.165) is 25.5 Å². The molecule has 1 amide bonds.